The number of imide groups is 1. The van der Waals surface area contributed by atoms with Crippen LogP contribution in [0.5, 0.6) is 0 Å². The maximum absolute atomic E-state index is 12.4. The Hall–Kier alpha value is -5.13. The number of anilines is 1. The van der Waals surface area contributed by atoms with E-state index in [9.17, 15) is 27.4 Å². The summed E-state index contributed by atoms with van der Waals surface area (Å²) in [6.45, 7) is 12.2. The first-order chi connectivity index (χ1) is 26.6. The molecule has 6 rings (SSSR count). The van der Waals surface area contributed by atoms with Gasteiger partial charge in [-0.15, -0.1) is 5.06 Å². The summed E-state index contributed by atoms with van der Waals surface area (Å²) in [6, 6.07) is 11.4. The molecule has 0 bridgehead atoms. The highest BCUT2D eigenvalue weighted by molar-refractivity contribution is 7.85. The summed E-state index contributed by atoms with van der Waals surface area (Å²) in [7, 11) is -4.42. The molecule has 294 valence electrons. The van der Waals surface area contributed by atoms with E-state index in [1.165, 1.54) is 34.2 Å². The topological polar surface area (TPSA) is 124 Å². The lowest BCUT2D eigenvalue weighted by molar-refractivity contribution is -0.438. The van der Waals surface area contributed by atoms with Gasteiger partial charge < -0.3 is 9.74 Å². The van der Waals surface area contributed by atoms with Crippen LogP contribution >= 0.6 is 0 Å². The average molecular weight is 779 g/mol. The summed E-state index contributed by atoms with van der Waals surface area (Å²) in [6.07, 6.45) is 25.0. The molecule has 1 aliphatic carbocycles. The van der Waals surface area contributed by atoms with Gasteiger partial charge in [0.15, 0.2) is 5.71 Å². The first-order valence-corrected chi connectivity index (χ1v) is 20.8. The molecule has 0 unspecified atom stereocenters. The van der Waals surface area contributed by atoms with Crippen molar-refractivity contribution in [1.82, 2.24) is 5.06 Å². The number of allylic oxidation sites excluding steroid dienone is 12. The number of rotatable bonds is 14. The molecule has 3 aliphatic heterocycles. The number of fused-ring (bicyclic) bond motifs is 2. The number of hydroxylamine groups is 2. The molecule has 3 heterocycles. The zero-order valence-electron chi connectivity index (χ0n) is 33.0. The van der Waals surface area contributed by atoms with Gasteiger partial charge in [0.2, 0.25) is 5.69 Å². The third-order valence-corrected chi connectivity index (χ3v) is 11.9. The molecular weight excluding hydrogens is 727 g/mol. The van der Waals surface area contributed by atoms with E-state index in [1.807, 2.05) is 18.2 Å². The van der Waals surface area contributed by atoms with Crippen molar-refractivity contribution in [2.45, 2.75) is 102 Å². The van der Waals surface area contributed by atoms with E-state index >= 15 is 0 Å². The van der Waals surface area contributed by atoms with Crippen LogP contribution in [0.3, 0.4) is 0 Å². The van der Waals surface area contributed by atoms with Gasteiger partial charge in [-0.1, -0.05) is 80.2 Å². The van der Waals surface area contributed by atoms with Crippen LogP contribution in [0.1, 0.15) is 95.8 Å². The van der Waals surface area contributed by atoms with Crippen molar-refractivity contribution in [3.63, 3.8) is 0 Å². The van der Waals surface area contributed by atoms with Crippen molar-refractivity contribution < 1.29 is 36.8 Å². The summed E-state index contributed by atoms with van der Waals surface area (Å²) in [5.41, 5.74) is 7.96. The molecule has 2 aromatic carbocycles. The van der Waals surface area contributed by atoms with E-state index < -0.39 is 33.3 Å². The Morgan fingerprint density at radius 2 is 1.62 bits per heavy atom. The van der Waals surface area contributed by atoms with Crippen LogP contribution in [-0.4, -0.2) is 59.2 Å². The highest BCUT2D eigenvalue weighted by atomic mass is 32.2. The second-order valence-corrected chi connectivity index (χ2v) is 17.3. The zero-order valence-corrected chi connectivity index (χ0v) is 33.8. The fourth-order valence-electron chi connectivity index (χ4n) is 8.05. The minimum Gasteiger partial charge on any atom is -0.344 e. The molecule has 2 amide bonds. The first kappa shape index (κ1) is 40.5. The van der Waals surface area contributed by atoms with E-state index in [1.54, 1.807) is 12.1 Å². The number of aryl methyl sites for hydroxylation is 1. The first-order valence-electron chi connectivity index (χ1n) is 19.4. The van der Waals surface area contributed by atoms with E-state index in [0.29, 0.717) is 30.9 Å². The lowest BCUT2D eigenvalue weighted by Crippen LogP contribution is -2.31. The molecule has 1 fully saturated rings. The molecule has 1 N–H and O–H groups in total. The maximum Gasteiger partial charge on any atom is 0.333 e. The molecule has 4 aliphatic rings. The van der Waals surface area contributed by atoms with Crippen molar-refractivity contribution in [2.75, 3.05) is 18.0 Å². The lowest BCUT2D eigenvalue weighted by atomic mass is 9.81. The van der Waals surface area contributed by atoms with Crippen LogP contribution < -0.4 is 4.90 Å². The SMILES string of the molecule is Cc1ccc2c(c1)C(C)(C)C(=CC=CC1=[N+](CCCCCC(=O)ON3C(=O)CCC3=O)c3ccc(S(=O)(=O)O)cc3C1(C)C)N2CCCC1=C/C=C\C=C/C=C1. The minimum absolute atomic E-state index is 0.0479. The number of carbonyl (C=O) groups excluding carboxylic acids is 3. The predicted octanol–water partition coefficient (Wildman–Crippen LogP) is 8.41. The fourth-order valence-corrected chi connectivity index (χ4v) is 8.56. The van der Waals surface area contributed by atoms with Gasteiger partial charge in [0, 0.05) is 66.7 Å². The largest absolute Gasteiger partial charge is 0.344 e. The fraction of sp³-hybridized carbons (Fsp3) is 0.378. The number of hydrogen-bond donors (Lipinski definition) is 1. The summed E-state index contributed by atoms with van der Waals surface area (Å²) in [5, 5.41) is 0.575. The standard InChI is InChI=1S/C45H51N3O7S/c1-32-22-24-37-35(30-32)44(2,3)39(47(37)29-15-18-33-16-10-7-6-8-11-17-33)19-14-20-40-45(4,5)36-31-34(56(52,53)54)23-25-38(36)46(40)28-13-9-12-21-43(51)55-48-41(49)26-27-42(48)50/h6-8,10-11,14,16-17,19-20,22-25,30-31H,9,12-13,15,18,21,26-29H2,1-5H3/p+1/b7-6-,8-6?,10-7?,11-8-,16-10?,17-11?,33-16?,33-17?. The van der Waals surface area contributed by atoms with Crippen LogP contribution in [0, 0.1) is 6.92 Å². The van der Waals surface area contributed by atoms with Crippen molar-refractivity contribution in [3.8, 4) is 0 Å². The highest BCUT2D eigenvalue weighted by Gasteiger charge is 2.45. The molecule has 0 aromatic heterocycles. The second kappa shape index (κ2) is 16.5. The van der Waals surface area contributed by atoms with E-state index in [-0.39, 0.29) is 29.6 Å². The monoisotopic (exact) mass is 778 g/mol. The van der Waals surface area contributed by atoms with Gasteiger partial charge in [-0.3, -0.25) is 14.1 Å². The smallest absolute Gasteiger partial charge is 0.333 e. The zero-order chi connectivity index (χ0) is 40.3. The van der Waals surface area contributed by atoms with Crippen LogP contribution in [0.4, 0.5) is 11.4 Å². The highest BCUT2D eigenvalue weighted by Crippen LogP contribution is 2.48. The number of carbonyl (C=O) groups is 3. The van der Waals surface area contributed by atoms with Gasteiger partial charge in [0.1, 0.15) is 6.54 Å². The maximum atomic E-state index is 12.4. The molecule has 0 radical (unpaired) electrons. The lowest BCUT2D eigenvalue weighted by Gasteiger charge is -2.27. The van der Waals surface area contributed by atoms with Gasteiger partial charge in [0.25, 0.3) is 21.9 Å². The molecule has 0 atom stereocenters. The Morgan fingerprint density at radius 1 is 0.893 bits per heavy atom. The van der Waals surface area contributed by atoms with Crippen molar-refractivity contribution >= 4 is 45.0 Å². The van der Waals surface area contributed by atoms with Crippen LogP contribution in [-0.2, 0) is 40.2 Å². The number of amides is 2. The van der Waals surface area contributed by atoms with Gasteiger partial charge >= 0.3 is 5.97 Å². The van der Waals surface area contributed by atoms with E-state index in [0.717, 1.165) is 36.3 Å². The summed E-state index contributed by atoms with van der Waals surface area (Å²) >= 11 is 0. The minimum atomic E-state index is -4.42. The molecular formula is C45H52N3O7S+. The molecule has 1 saturated heterocycles. The number of benzene rings is 2. The van der Waals surface area contributed by atoms with Crippen LogP contribution in [0.25, 0.3) is 0 Å². The molecule has 0 saturated carbocycles. The van der Waals surface area contributed by atoms with Gasteiger partial charge in [-0.25, -0.2) is 4.79 Å². The summed E-state index contributed by atoms with van der Waals surface area (Å²) in [4.78, 5) is 43.4. The van der Waals surface area contributed by atoms with E-state index in [4.69, 9.17) is 4.84 Å². The number of unbranched alkanes of at least 4 members (excludes halogenated alkanes) is 2. The average Bonchev–Trinajstić information content (AvgIpc) is 3.63. The third-order valence-electron chi connectivity index (χ3n) is 11.1. The Morgan fingerprint density at radius 3 is 2.38 bits per heavy atom. The molecule has 2 aromatic rings. The van der Waals surface area contributed by atoms with Gasteiger partial charge in [-0.05, 0) is 81.9 Å². The van der Waals surface area contributed by atoms with Crippen molar-refractivity contribution in [3.05, 3.63) is 125 Å². The molecule has 0 spiro atoms. The van der Waals surface area contributed by atoms with E-state index in [2.05, 4.69) is 105 Å². The van der Waals surface area contributed by atoms with Gasteiger partial charge in [-0.2, -0.15) is 13.0 Å². The molecule has 11 heteroatoms. The Balaban J connectivity index is 1.25. The quantitative estimate of drug-likeness (QED) is 0.0878. The predicted molar refractivity (Wildman–Crippen MR) is 218 cm³/mol. The van der Waals surface area contributed by atoms with Crippen LogP contribution in [0.2, 0.25) is 0 Å². The van der Waals surface area contributed by atoms with Crippen LogP contribution in [0.15, 0.2) is 113 Å². The normalized spacial score (nSPS) is 20.4. The third kappa shape index (κ3) is 8.64. The summed E-state index contributed by atoms with van der Waals surface area (Å²) in [5.74, 6) is -1.62. The number of nitrogens with zero attached hydrogens (tertiary/aromatic N) is 3. The van der Waals surface area contributed by atoms with Crippen molar-refractivity contribution in [2.24, 2.45) is 0 Å². The Bertz CT molecular complexity index is 2240. The second-order valence-electron chi connectivity index (χ2n) is 15.9. The van der Waals surface area contributed by atoms with Gasteiger partial charge in [0.05, 0.1) is 10.3 Å². The Kier molecular flexibility index (Phi) is 12.0. The molecule has 10 nitrogen and oxygen atoms in total. The van der Waals surface area contributed by atoms with Crippen molar-refractivity contribution in [1.29, 1.82) is 0 Å². The molecule has 56 heavy (non-hydrogen) atoms. The Labute approximate surface area is 330 Å². The number of hydrogen-bond acceptors (Lipinski definition) is 7. The summed E-state index contributed by atoms with van der Waals surface area (Å²) < 4.78 is 36.5.